The third kappa shape index (κ3) is 3.65. The molecule has 2 nitrogen and oxygen atoms in total. The van der Waals surface area contributed by atoms with Crippen LogP contribution >= 0.6 is 0 Å². The van der Waals surface area contributed by atoms with Crippen molar-refractivity contribution in [3.05, 3.63) is 0 Å². The average molecular weight is 185 g/mol. The Labute approximate surface area is 81.5 Å². The second-order valence-corrected chi connectivity index (χ2v) is 5.01. The molecule has 13 heavy (non-hydrogen) atoms. The van der Waals surface area contributed by atoms with Gasteiger partial charge in [0, 0.05) is 6.04 Å². The first-order valence-corrected chi connectivity index (χ1v) is 5.50. The molecule has 2 heteroatoms. The molecule has 0 bridgehead atoms. The molecule has 78 valence electrons. The van der Waals surface area contributed by atoms with E-state index in [-0.39, 0.29) is 6.04 Å². The molecule has 3 N–H and O–H groups in total. The Morgan fingerprint density at radius 3 is 2.69 bits per heavy atom. The zero-order valence-corrected chi connectivity index (χ0v) is 8.92. The Bertz CT molecular complexity index is 158. The van der Waals surface area contributed by atoms with Gasteiger partial charge in [-0.05, 0) is 31.6 Å². The Morgan fingerprint density at radius 2 is 2.23 bits per heavy atom. The molecule has 0 aliphatic heterocycles. The first-order valence-electron chi connectivity index (χ1n) is 5.50. The summed E-state index contributed by atoms with van der Waals surface area (Å²) in [5.41, 5.74) is 5.36. The molecule has 0 amide bonds. The fourth-order valence-electron chi connectivity index (χ4n) is 2.21. The Kier molecular flexibility index (Phi) is 3.74. The molecular formula is C11H23NO. The molecule has 0 aromatic carbocycles. The standard InChI is InChI=1S/C11H23NO/c1-9(2)4-3-6-11(13)7-5-10(12)8-11/h9-10,13H,3-8,12H2,1-2H3. The highest BCUT2D eigenvalue weighted by Gasteiger charge is 2.34. The van der Waals surface area contributed by atoms with Crippen LogP contribution in [0.1, 0.15) is 52.4 Å². The maximum atomic E-state index is 10.1. The fraction of sp³-hybridized carbons (Fsp3) is 1.00. The molecule has 0 aromatic heterocycles. The largest absolute Gasteiger partial charge is 0.390 e. The molecule has 0 spiro atoms. The molecule has 1 saturated carbocycles. The first kappa shape index (κ1) is 11.0. The molecular weight excluding hydrogens is 162 g/mol. The van der Waals surface area contributed by atoms with Gasteiger partial charge < -0.3 is 10.8 Å². The second kappa shape index (κ2) is 4.43. The lowest BCUT2D eigenvalue weighted by Gasteiger charge is -2.22. The summed E-state index contributed by atoms with van der Waals surface area (Å²) in [6, 6.07) is 0.240. The molecule has 0 saturated heterocycles. The summed E-state index contributed by atoms with van der Waals surface area (Å²) in [6.45, 7) is 4.45. The van der Waals surface area contributed by atoms with E-state index < -0.39 is 5.60 Å². The minimum Gasteiger partial charge on any atom is -0.390 e. The van der Waals surface area contributed by atoms with Gasteiger partial charge in [-0.15, -0.1) is 0 Å². The summed E-state index contributed by atoms with van der Waals surface area (Å²) in [4.78, 5) is 0. The predicted octanol–water partition coefficient (Wildman–Crippen LogP) is 2.05. The number of aliphatic hydroxyl groups is 1. The highest BCUT2D eigenvalue weighted by Crippen LogP contribution is 2.33. The van der Waals surface area contributed by atoms with Crippen LogP contribution in [-0.4, -0.2) is 16.7 Å². The predicted molar refractivity (Wildman–Crippen MR) is 55.5 cm³/mol. The van der Waals surface area contributed by atoms with Gasteiger partial charge in [0.1, 0.15) is 0 Å². The summed E-state index contributed by atoms with van der Waals surface area (Å²) in [7, 11) is 0. The van der Waals surface area contributed by atoms with E-state index in [0.29, 0.717) is 0 Å². The molecule has 2 unspecified atom stereocenters. The molecule has 1 aliphatic rings. The molecule has 1 fully saturated rings. The zero-order valence-electron chi connectivity index (χ0n) is 8.92. The van der Waals surface area contributed by atoms with E-state index in [4.69, 9.17) is 5.73 Å². The van der Waals surface area contributed by atoms with Crippen LogP contribution < -0.4 is 5.73 Å². The summed E-state index contributed by atoms with van der Waals surface area (Å²) < 4.78 is 0. The van der Waals surface area contributed by atoms with Crippen LogP contribution in [0.3, 0.4) is 0 Å². The van der Waals surface area contributed by atoms with Crippen LogP contribution in [0.15, 0.2) is 0 Å². The SMILES string of the molecule is CC(C)CCCC1(O)CCC(N)C1. The van der Waals surface area contributed by atoms with Gasteiger partial charge in [0.25, 0.3) is 0 Å². The molecule has 1 rings (SSSR count). The quantitative estimate of drug-likeness (QED) is 0.704. The number of hydrogen-bond acceptors (Lipinski definition) is 2. The van der Waals surface area contributed by atoms with Crippen molar-refractivity contribution in [2.45, 2.75) is 64.0 Å². The Balaban J connectivity index is 2.20. The Morgan fingerprint density at radius 1 is 1.54 bits per heavy atom. The average Bonchev–Trinajstić information content (AvgIpc) is 2.30. The van der Waals surface area contributed by atoms with Gasteiger partial charge >= 0.3 is 0 Å². The van der Waals surface area contributed by atoms with Crippen LogP contribution in [0.2, 0.25) is 0 Å². The van der Waals surface area contributed by atoms with Gasteiger partial charge in [-0.25, -0.2) is 0 Å². The van der Waals surface area contributed by atoms with Crippen molar-refractivity contribution in [3.8, 4) is 0 Å². The minimum atomic E-state index is -0.422. The van der Waals surface area contributed by atoms with Crippen molar-refractivity contribution >= 4 is 0 Å². The summed E-state index contributed by atoms with van der Waals surface area (Å²) >= 11 is 0. The van der Waals surface area contributed by atoms with Gasteiger partial charge in [0.15, 0.2) is 0 Å². The highest BCUT2D eigenvalue weighted by molar-refractivity contribution is 4.90. The number of nitrogens with two attached hydrogens (primary N) is 1. The van der Waals surface area contributed by atoms with Crippen molar-refractivity contribution in [2.75, 3.05) is 0 Å². The van der Waals surface area contributed by atoms with E-state index in [9.17, 15) is 5.11 Å². The topological polar surface area (TPSA) is 46.2 Å². The van der Waals surface area contributed by atoms with Crippen molar-refractivity contribution in [1.29, 1.82) is 0 Å². The lowest BCUT2D eigenvalue weighted by molar-refractivity contribution is 0.0342. The van der Waals surface area contributed by atoms with Gasteiger partial charge in [-0.1, -0.05) is 26.7 Å². The summed E-state index contributed by atoms with van der Waals surface area (Å²) in [5, 5.41) is 10.1. The smallest absolute Gasteiger partial charge is 0.0663 e. The van der Waals surface area contributed by atoms with E-state index >= 15 is 0 Å². The van der Waals surface area contributed by atoms with E-state index in [1.807, 2.05) is 0 Å². The van der Waals surface area contributed by atoms with Crippen LogP contribution in [0.4, 0.5) is 0 Å². The molecule has 0 heterocycles. The van der Waals surface area contributed by atoms with Crippen LogP contribution in [0, 0.1) is 5.92 Å². The Hall–Kier alpha value is -0.0800. The van der Waals surface area contributed by atoms with Crippen LogP contribution in [0.25, 0.3) is 0 Å². The maximum Gasteiger partial charge on any atom is 0.0663 e. The molecule has 2 atom stereocenters. The van der Waals surface area contributed by atoms with Gasteiger partial charge in [0.2, 0.25) is 0 Å². The summed E-state index contributed by atoms with van der Waals surface area (Å²) in [6.07, 6.45) is 6.02. The molecule has 0 aromatic rings. The summed E-state index contributed by atoms with van der Waals surface area (Å²) in [5.74, 6) is 0.749. The third-order valence-electron chi connectivity index (χ3n) is 3.05. The van der Waals surface area contributed by atoms with E-state index in [1.165, 1.54) is 6.42 Å². The van der Waals surface area contributed by atoms with E-state index in [2.05, 4.69) is 13.8 Å². The fourth-order valence-corrected chi connectivity index (χ4v) is 2.21. The van der Waals surface area contributed by atoms with Crippen molar-refractivity contribution in [1.82, 2.24) is 0 Å². The maximum absolute atomic E-state index is 10.1. The molecule has 0 radical (unpaired) electrons. The van der Waals surface area contributed by atoms with Gasteiger partial charge in [-0.3, -0.25) is 0 Å². The van der Waals surface area contributed by atoms with E-state index in [0.717, 1.165) is 38.0 Å². The lowest BCUT2D eigenvalue weighted by Crippen LogP contribution is -2.27. The highest BCUT2D eigenvalue weighted by atomic mass is 16.3. The van der Waals surface area contributed by atoms with Crippen LogP contribution in [-0.2, 0) is 0 Å². The van der Waals surface area contributed by atoms with E-state index in [1.54, 1.807) is 0 Å². The van der Waals surface area contributed by atoms with Crippen molar-refractivity contribution in [2.24, 2.45) is 11.7 Å². The zero-order chi connectivity index (χ0) is 9.90. The van der Waals surface area contributed by atoms with Crippen LogP contribution in [0.5, 0.6) is 0 Å². The normalized spacial score (nSPS) is 34.4. The van der Waals surface area contributed by atoms with Gasteiger partial charge in [-0.2, -0.15) is 0 Å². The first-order chi connectivity index (χ1) is 6.02. The number of hydrogen-bond donors (Lipinski definition) is 2. The monoisotopic (exact) mass is 185 g/mol. The van der Waals surface area contributed by atoms with Gasteiger partial charge in [0.05, 0.1) is 5.60 Å². The number of rotatable bonds is 4. The van der Waals surface area contributed by atoms with Crippen molar-refractivity contribution < 1.29 is 5.11 Å². The second-order valence-electron chi connectivity index (χ2n) is 5.01. The molecule has 1 aliphatic carbocycles. The third-order valence-corrected chi connectivity index (χ3v) is 3.05. The lowest BCUT2D eigenvalue weighted by atomic mass is 9.93. The minimum absolute atomic E-state index is 0.240. The van der Waals surface area contributed by atoms with Crippen molar-refractivity contribution in [3.63, 3.8) is 0 Å².